The van der Waals surface area contributed by atoms with E-state index < -0.39 is 0 Å². The van der Waals surface area contributed by atoms with Gasteiger partial charge in [-0.1, -0.05) is 42.5 Å². The van der Waals surface area contributed by atoms with E-state index in [0.717, 1.165) is 4.90 Å². The van der Waals surface area contributed by atoms with Crippen molar-refractivity contribution >= 4 is 46.5 Å². The van der Waals surface area contributed by atoms with Crippen molar-refractivity contribution in [2.45, 2.75) is 4.90 Å². The van der Waals surface area contributed by atoms with Gasteiger partial charge in [-0.15, -0.1) is 11.8 Å². The molecule has 5 rings (SSSR count). The number of benzene rings is 4. The van der Waals surface area contributed by atoms with Crippen molar-refractivity contribution in [3.05, 3.63) is 119 Å². The maximum Gasteiger partial charge on any atom is 0.255 e. The number of carbonyl (C=O) groups is 4. The first kappa shape index (κ1) is 25.0. The Hall–Kier alpha value is -4.69. The minimum absolute atomic E-state index is 0.0951. The van der Waals surface area contributed by atoms with E-state index >= 15 is 0 Å². The van der Waals surface area contributed by atoms with Crippen LogP contribution in [-0.4, -0.2) is 36.2 Å². The van der Waals surface area contributed by atoms with Crippen LogP contribution in [0.4, 0.5) is 11.4 Å². The zero-order chi connectivity index (χ0) is 26.6. The summed E-state index contributed by atoms with van der Waals surface area (Å²) in [5.74, 6) is -0.398. The number of fused-ring (bicyclic) bond motifs is 2. The average molecular weight is 523 g/mol. The molecular formula is C30H22N2O5S. The Balaban J connectivity index is 1.21. The number of carbonyl (C=O) groups excluding carboxylic acids is 4. The summed E-state index contributed by atoms with van der Waals surface area (Å²) in [5, 5.41) is 5.62. The van der Waals surface area contributed by atoms with Crippen molar-refractivity contribution in [1.82, 2.24) is 0 Å². The number of ether oxygens (including phenoxy) is 1. The molecule has 0 bridgehead atoms. The second-order valence-electron chi connectivity index (χ2n) is 8.48. The van der Waals surface area contributed by atoms with Gasteiger partial charge in [-0.3, -0.25) is 19.2 Å². The highest BCUT2D eigenvalue weighted by molar-refractivity contribution is 8.00. The van der Waals surface area contributed by atoms with E-state index in [-0.39, 0.29) is 40.3 Å². The van der Waals surface area contributed by atoms with Crippen molar-refractivity contribution in [3.63, 3.8) is 0 Å². The summed E-state index contributed by atoms with van der Waals surface area (Å²) in [5.41, 5.74) is 2.61. The zero-order valence-corrected chi connectivity index (χ0v) is 21.1. The Labute approximate surface area is 223 Å². The van der Waals surface area contributed by atoms with Crippen LogP contribution in [0.3, 0.4) is 0 Å². The maximum atomic E-state index is 13.1. The molecule has 7 nitrogen and oxygen atoms in total. The van der Waals surface area contributed by atoms with Gasteiger partial charge in [-0.2, -0.15) is 0 Å². The van der Waals surface area contributed by atoms with E-state index in [9.17, 15) is 19.2 Å². The van der Waals surface area contributed by atoms with Gasteiger partial charge in [0.15, 0.2) is 11.6 Å². The number of thioether (sulfide) groups is 1. The molecule has 0 saturated heterocycles. The molecule has 2 N–H and O–H groups in total. The van der Waals surface area contributed by atoms with Gasteiger partial charge in [0.25, 0.3) is 5.91 Å². The van der Waals surface area contributed by atoms with Crippen LogP contribution < -0.4 is 15.4 Å². The van der Waals surface area contributed by atoms with Crippen LogP contribution in [0.5, 0.6) is 5.75 Å². The van der Waals surface area contributed by atoms with E-state index in [2.05, 4.69) is 10.6 Å². The third kappa shape index (κ3) is 5.07. The summed E-state index contributed by atoms with van der Waals surface area (Å²) in [6.45, 7) is 0. The van der Waals surface area contributed by atoms with E-state index in [1.807, 2.05) is 12.1 Å². The molecule has 0 aromatic heterocycles. The zero-order valence-electron chi connectivity index (χ0n) is 20.3. The molecule has 2 amide bonds. The number of hydrogen-bond donors (Lipinski definition) is 2. The van der Waals surface area contributed by atoms with Gasteiger partial charge in [-0.25, -0.2) is 0 Å². The number of anilines is 2. The molecule has 0 spiro atoms. The lowest BCUT2D eigenvalue weighted by Gasteiger charge is -2.20. The standard InChI is InChI=1S/C30H22N2O5S/c1-37-20-7-4-6-18(16-20)30(36)31-19-12-14-21(15-13-19)38-17-26(33)32-25-11-5-10-24-27(25)29(35)23-9-3-2-8-22(23)28(24)34/h2-16H,17H2,1H3,(H,31,36)(H,32,33). The van der Waals surface area contributed by atoms with Crippen molar-refractivity contribution in [1.29, 1.82) is 0 Å². The summed E-state index contributed by atoms with van der Waals surface area (Å²) in [6, 6.07) is 25.6. The predicted octanol–water partition coefficient (Wildman–Crippen LogP) is 5.45. The fraction of sp³-hybridized carbons (Fsp3) is 0.0667. The molecule has 4 aromatic rings. The minimum Gasteiger partial charge on any atom is -0.497 e. The molecular weight excluding hydrogens is 500 g/mol. The number of amides is 2. The fourth-order valence-corrected chi connectivity index (χ4v) is 4.88. The van der Waals surface area contributed by atoms with Crippen LogP contribution in [0.1, 0.15) is 42.2 Å². The molecule has 1 aliphatic carbocycles. The van der Waals surface area contributed by atoms with Crippen molar-refractivity contribution in [3.8, 4) is 5.75 Å². The highest BCUT2D eigenvalue weighted by atomic mass is 32.2. The molecule has 0 saturated carbocycles. The van der Waals surface area contributed by atoms with E-state index in [1.54, 1.807) is 86.0 Å². The Morgan fingerprint density at radius 1 is 0.763 bits per heavy atom. The summed E-state index contributed by atoms with van der Waals surface area (Å²) >= 11 is 1.31. The van der Waals surface area contributed by atoms with Crippen molar-refractivity contribution in [2.75, 3.05) is 23.5 Å². The molecule has 0 fully saturated rings. The van der Waals surface area contributed by atoms with Crippen molar-refractivity contribution in [2.24, 2.45) is 0 Å². The first-order valence-corrected chi connectivity index (χ1v) is 12.7. The summed E-state index contributed by atoms with van der Waals surface area (Å²) in [4.78, 5) is 52.1. The Morgan fingerprint density at radius 2 is 1.45 bits per heavy atom. The molecule has 1 aliphatic rings. The smallest absolute Gasteiger partial charge is 0.255 e. The maximum absolute atomic E-state index is 13.1. The number of rotatable bonds is 7. The van der Waals surface area contributed by atoms with Gasteiger partial charge in [0.05, 0.1) is 24.1 Å². The lowest BCUT2D eigenvalue weighted by atomic mass is 9.83. The third-order valence-corrected chi connectivity index (χ3v) is 7.05. The highest BCUT2D eigenvalue weighted by Crippen LogP contribution is 2.32. The summed E-state index contributed by atoms with van der Waals surface area (Å²) < 4.78 is 5.16. The van der Waals surface area contributed by atoms with Gasteiger partial charge in [-0.05, 0) is 48.5 Å². The van der Waals surface area contributed by atoms with Gasteiger partial charge >= 0.3 is 0 Å². The first-order chi connectivity index (χ1) is 18.4. The van der Waals surface area contributed by atoms with Crippen LogP contribution in [0, 0.1) is 0 Å². The molecule has 188 valence electrons. The number of methoxy groups -OCH3 is 1. The molecule has 0 radical (unpaired) electrons. The molecule has 0 aliphatic heterocycles. The van der Waals surface area contributed by atoms with Gasteiger partial charge in [0.2, 0.25) is 5.91 Å². The predicted molar refractivity (Wildman–Crippen MR) is 146 cm³/mol. The minimum atomic E-state index is -0.307. The Kier molecular flexibility index (Phi) is 7.06. The quantitative estimate of drug-likeness (QED) is 0.276. The fourth-order valence-electron chi connectivity index (χ4n) is 4.19. The monoisotopic (exact) mass is 522 g/mol. The number of ketones is 2. The number of nitrogens with one attached hydrogen (secondary N) is 2. The van der Waals surface area contributed by atoms with Crippen LogP contribution in [0.2, 0.25) is 0 Å². The summed E-state index contributed by atoms with van der Waals surface area (Å²) in [6.07, 6.45) is 0. The lowest BCUT2D eigenvalue weighted by molar-refractivity contribution is -0.113. The molecule has 4 aromatic carbocycles. The van der Waals surface area contributed by atoms with Gasteiger partial charge in [0.1, 0.15) is 5.75 Å². The molecule has 0 unspecified atom stereocenters. The SMILES string of the molecule is COc1cccc(C(=O)Nc2ccc(SCC(=O)Nc3cccc4c3C(=O)c3ccccc3C4=O)cc2)c1. The highest BCUT2D eigenvalue weighted by Gasteiger charge is 2.31. The van der Waals surface area contributed by atoms with Gasteiger partial charge < -0.3 is 15.4 Å². The van der Waals surface area contributed by atoms with Crippen LogP contribution in [0.15, 0.2) is 95.9 Å². The molecule has 8 heteroatoms. The van der Waals surface area contributed by atoms with Gasteiger partial charge in [0, 0.05) is 32.8 Å². The third-order valence-electron chi connectivity index (χ3n) is 6.04. The van der Waals surface area contributed by atoms with Crippen molar-refractivity contribution < 1.29 is 23.9 Å². The normalized spacial score (nSPS) is 11.8. The van der Waals surface area contributed by atoms with E-state index in [0.29, 0.717) is 33.8 Å². The Morgan fingerprint density at radius 3 is 2.18 bits per heavy atom. The molecule has 38 heavy (non-hydrogen) atoms. The van der Waals surface area contributed by atoms with E-state index in [1.165, 1.54) is 11.8 Å². The van der Waals surface area contributed by atoms with Crippen LogP contribution in [0.25, 0.3) is 0 Å². The van der Waals surface area contributed by atoms with E-state index in [4.69, 9.17) is 4.74 Å². The second kappa shape index (κ2) is 10.7. The first-order valence-electron chi connectivity index (χ1n) is 11.7. The topological polar surface area (TPSA) is 102 Å². The lowest BCUT2D eigenvalue weighted by Crippen LogP contribution is -2.24. The Bertz CT molecular complexity index is 1580. The largest absolute Gasteiger partial charge is 0.497 e. The van der Waals surface area contributed by atoms with Crippen LogP contribution >= 0.6 is 11.8 Å². The molecule has 0 heterocycles. The number of hydrogen-bond acceptors (Lipinski definition) is 6. The second-order valence-corrected chi connectivity index (χ2v) is 9.53. The van der Waals surface area contributed by atoms with Crippen LogP contribution in [-0.2, 0) is 4.79 Å². The average Bonchev–Trinajstić information content (AvgIpc) is 2.95. The molecule has 0 atom stereocenters. The summed E-state index contributed by atoms with van der Waals surface area (Å²) in [7, 11) is 1.54.